The lowest BCUT2D eigenvalue weighted by Crippen LogP contribution is -2.52. The summed E-state index contributed by atoms with van der Waals surface area (Å²) in [7, 11) is 3.50. The molecule has 2 aromatic carbocycles. The number of ether oxygens (including phenoxy) is 1. The van der Waals surface area contributed by atoms with Crippen molar-refractivity contribution in [1.29, 1.82) is 0 Å². The predicted molar refractivity (Wildman–Crippen MR) is 121 cm³/mol. The van der Waals surface area contributed by atoms with E-state index in [0.29, 0.717) is 6.54 Å². The summed E-state index contributed by atoms with van der Waals surface area (Å²) in [6.07, 6.45) is 1.97. The van der Waals surface area contributed by atoms with Gasteiger partial charge < -0.3 is 19.9 Å². The molecule has 7 nitrogen and oxygen atoms in total. The number of methoxy groups -OCH3 is 1. The van der Waals surface area contributed by atoms with E-state index in [0.717, 1.165) is 49.3 Å². The molecule has 0 amide bonds. The number of hydrogen-bond acceptors (Lipinski definition) is 4. The highest BCUT2D eigenvalue weighted by molar-refractivity contribution is 5.80. The van der Waals surface area contributed by atoms with Crippen molar-refractivity contribution in [3.63, 3.8) is 0 Å². The van der Waals surface area contributed by atoms with Crippen molar-refractivity contribution in [3.05, 3.63) is 72.6 Å². The van der Waals surface area contributed by atoms with Crippen molar-refractivity contribution in [2.24, 2.45) is 4.99 Å². The minimum atomic E-state index is 0.634. The molecule has 30 heavy (non-hydrogen) atoms. The van der Waals surface area contributed by atoms with Crippen LogP contribution in [0, 0.1) is 0 Å². The van der Waals surface area contributed by atoms with Crippen LogP contribution in [0.15, 0.2) is 71.9 Å². The lowest BCUT2D eigenvalue weighted by atomic mass is 10.2. The summed E-state index contributed by atoms with van der Waals surface area (Å²) < 4.78 is 7.09. The van der Waals surface area contributed by atoms with E-state index in [9.17, 15) is 0 Å². The SMILES string of the molecule is CN=C(NCc1ccn(-c2ccc(OC)cc2)n1)N1CCN(c2ccccc2)CC1. The number of aliphatic imine (C=N–C) groups is 1. The molecule has 0 spiro atoms. The van der Waals surface area contributed by atoms with Gasteiger partial charge in [-0.2, -0.15) is 5.10 Å². The first-order valence-electron chi connectivity index (χ1n) is 10.2. The van der Waals surface area contributed by atoms with Crippen molar-refractivity contribution >= 4 is 11.6 Å². The van der Waals surface area contributed by atoms with Crippen molar-refractivity contribution in [2.75, 3.05) is 45.2 Å². The topological polar surface area (TPSA) is 57.9 Å². The van der Waals surface area contributed by atoms with Gasteiger partial charge >= 0.3 is 0 Å². The number of guanidine groups is 1. The van der Waals surface area contributed by atoms with E-state index >= 15 is 0 Å². The molecule has 1 saturated heterocycles. The van der Waals surface area contributed by atoms with Gasteiger partial charge in [-0.1, -0.05) is 18.2 Å². The van der Waals surface area contributed by atoms with Crippen LogP contribution in [0.2, 0.25) is 0 Å². The molecular weight excluding hydrogens is 376 g/mol. The highest BCUT2D eigenvalue weighted by Crippen LogP contribution is 2.16. The maximum atomic E-state index is 5.22. The van der Waals surface area contributed by atoms with E-state index in [4.69, 9.17) is 4.74 Å². The lowest BCUT2D eigenvalue weighted by Gasteiger charge is -2.37. The van der Waals surface area contributed by atoms with Crippen LogP contribution in [0.1, 0.15) is 5.69 Å². The zero-order valence-electron chi connectivity index (χ0n) is 17.5. The van der Waals surface area contributed by atoms with Gasteiger partial charge in [0.2, 0.25) is 0 Å². The van der Waals surface area contributed by atoms with Gasteiger partial charge in [-0.05, 0) is 42.5 Å². The number of hydrogen-bond donors (Lipinski definition) is 1. The summed E-state index contributed by atoms with van der Waals surface area (Å²) in [5.41, 5.74) is 3.25. The minimum absolute atomic E-state index is 0.634. The first-order valence-corrected chi connectivity index (χ1v) is 10.2. The molecule has 0 bridgehead atoms. The van der Waals surface area contributed by atoms with Crippen molar-refractivity contribution < 1.29 is 4.74 Å². The molecule has 1 aliphatic rings. The molecule has 0 atom stereocenters. The summed E-state index contributed by atoms with van der Waals surface area (Å²) in [5.74, 6) is 1.76. The summed E-state index contributed by atoms with van der Waals surface area (Å²) >= 11 is 0. The van der Waals surface area contributed by atoms with Crippen molar-refractivity contribution in [2.45, 2.75) is 6.54 Å². The second-order valence-electron chi connectivity index (χ2n) is 7.16. The number of anilines is 1. The van der Waals surface area contributed by atoms with E-state index in [-0.39, 0.29) is 0 Å². The maximum absolute atomic E-state index is 5.22. The van der Waals surface area contributed by atoms with Crippen LogP contribution in [0.25, 0.3) is 5.69 Å². The highest BCUT2D eigenvalue weighted by Gasteiger charge is 2.19. The van der Waals surface area contributed by atoms with E-state index in [1.165, 1.54) is 5.69 Å². The lowest BCUT2D eigenvalue weighted by molar-refractivity contribution is 0.372. The second-order valence-corrected chi connectivity index (χ2v) is 7.16. The fraction of sp³-hybridized carbons (Fsp3) is 0.304. The van der Waals surface area contributed by atoms with Crippen LogP contribution in [0.4, 0.5) is 5.69 Å². The van der Waals surface area contributed by atoms with Gasteiger partial charge in [0.15, 0.2) is 5.96 Å². The second kappa shape index (κ2) is 9.35. The molecule has 0 saturated carbocycles. The largest absolute Gasteiger partial charge is 0.497 e. The predicted octanol–water partition coefficient (Wildman–Crippen LogP) is 2.78. The number of nitrogens with one attached hydrogen (secondary N) is 1. The van der Waals surface area contributed by atoms with E-state index in [2.05, 4.69) is 55.5 Å². The molecule has 2 heterocycles. The number of nitrogens with zero attached hydrogens (tertiary/aromatic N) is 5. The fourth-order valence-corrected chi connectivity index (χ4v) is 3.65. The molecule has 0 aliphatic carbocycles. The molecule has 0 unspecified atom stereocenters. The van der Waals surface area contributed by atoms with E-state index < -0.39 is 0 Å². The third-order valence-corrected chi connectivity index (χ3v) is 5.32. The zero-order chi connectivity index (χ0) is 20.8. The van der Waals surface area contributed by atoms with Crippen LogP contribution >= 0.6 is 0 Å². The van der Waals surface area contributed by atoms with E-state index in [1.54, 1.807) is 7.11 Å². The van der Waals surface area contributed by atoms with Crippen LogP contribution in [-0.4, -0.2) is 61.0 Å². The third-order valence-electron chi connectivity index (χ3n) is 5.32. The summed E-state index contributed by atoms with van der Waals surface area (Å²) in [6.45, 7) is 4.48. The van der Waals surface area contributed by atoms with E-state index in [1.807, 2.05) is 48.3 Å². The third kappa shape index (κ3) is 4.56. The Balaban J connectivity index is 1.31. The van der Waals surface area contributed by atoms with Gasteiger partial charge in [0.05, 0.1) is 25.0 Å². The van der Waals surface area contributed by atoms with Crippen LogP contribution < -0.4 is 15.0 Å². The molecule has 156 valence electrons. The average molecular weight is 405 g/mol. The quantitative estimate of drug-likeness (QED) is 0.524. The smallest absolute Gasteiger partial charge is 0.194 e. The number of piperazine rings is 1. The van der Waals surface area contributed by atoms with Gasteiger partial charge in [-0.3, -0.25) is 4.99 Å². The first kappa shape index (κ1) is 19.8. The van der Waals surface area contributed by atoms with Gasteiger partial charge in [-0.25, -0.2) is 4.68 Å². The Hall–Kier alpha value is -3.48. The number of benzene rings is 2. The first-order chi connectivity index (χ1) is 14.8. The van der Waals surface area contributed by atoms with Gasteiger partial charge in [0.25, 0.3) is 0 Å². The molecule has 0 radical (unpaired) electrons. The number of para-hydroxylation sites is 1. The van der Waals surface area contributed by atoms with Gasteiger partial charge in [-0.15, -0.1) is 0 Å². The Morgan fingerprint density at radius 1 is 0.967 bits per heavy atom. The standard InChI is InChI=1S/C23H28N6O/c1-24-23(28-16-14-27(15-17-28)20-6-4-3-5-7-20)25-18-19-12-13-29(26-19)21-8-10-22(30-2)11-9-21/h3-13H,14-18H2,1-2H3,(H,24,25). The molecule has 1 N–H and O–H groups in total. The monoisotopic (exact) mass is 404 g/mol. The van der Waals surface area contributed by atoms with Gasteiger partial charge in [0, 0.05) is 45.1 Å². The Labute approximate surface area is 177 Å². The maximum Gasteiger partial charge on any atom is 0.194 e. The van der Waals surface area contributed by atoms with Gasteiger partial charge in [0.1, 0.15) is 5.75 Å². The Morgan fingerprint density at radius 2 is 1.70 bits per heavy atom. The molecule has 3 aromatic rings. The van der Waals surface area contributed by atoms with Crippen LogP contribution in [-0.2, 0) is 6.54 Å². The molecule has 1 aliphatic heterocycles. The van der Waals surface area contributed by atoms with Crippen molar-refractivity contribution in [3.8, 4) is 11.4 Å². The molecular formula is C23H28N6O. The Kier molecular flexibility index (Phi) is 6.17. The van der Waals surface area contributed by atoms with Crippen LogP contribution in [0.3, 0.4) is 0 Å². The molecule has 1 aromatic heterocycles. The minimum Gasteiger partial charge on any atom is -0.497 e. The summed E-state index contributed by atoms with van der Waals surface area (Å²) in [6, 6.07) is 20.5. The fourth-order valence-electron chi connectivity index (χ4n) is 3.65. The normalized spacial score (nSPS) is 14.7. The number of rotatable bonds is 5. The number of aromatic nitrogens is 2. The summed E-state index contributed by atoms with van der Waals surface area (Å²) in [5, 5.41) is 8.13. The highest BCUT2D eigenvalue weighted by atomic mass is 16.5. The van der Waals surface area contributed by atoms with Crippen molar-refractivity contribution in [1.82, 2.24) is 20.0 Å². The molecule has 4 rings (SSSR count). The molecule has 1 fully saturated rings. The summed E-state index contributed by atoms with van der Waals surface area (Å²) in [4.78, 5) is 9.20. The average Bonchev–Trinajstić information content (AvgIpc) is 3.29. The zero-order valence-corrected chi connectivity index (χ0v) is 17.5. The molecule has 7 heteroatoms. The van der Waals surface area contributed by atoms with Crippen LogP contribution in [0.5, 0.6) is 5.75 Å². The Bertz CT molecular complexity index is 959. The Morgan fingerprint density at radius 3 is 2.37 bits per heavy atom.